The van der Waals surface area contributed by atoms with Crippen LogP contribution in [0.1, 0.15) is 122 Å². The lowest BCUT2D eigenvalue weighted by Crippen LogP contribution is -2.19. The SMILES string of the molecule is CCCCCCCCC(C#Cc1ccc(Cl)cc1C1CCCCC1)C(C)(C)C. The Kier molecular flexibility index (Phi) is 9.94. The Morgan fingerprint density at radius 3 is 2.36 bits per heavy atom. The van der Waals surface area contributed by atoms with Crippen molar-refractivity contribution in [2.24, 2.45) is 11.3 Å². The van der Waals surface area contributed by atoms with Crippen LogP contribution < -0.4 is 0 Å². The highest BCUT2D eigenvalue weighted by atomic mass is 35.5. The van der Waals surface area contributed by atoms with Gasteiger partial charge in [-0.3, -0.25) is 0 Å². The summed E-state index contributed by atoms with van der Waals surface area (Å²) in [7, 11) is 0. The second-order valence-electron chi connectivity index (χ2n) is 9.81. The van der Waals surface area contributed by atoms with E-state index in [1.807, 2.05) is 6.07 Å². The highest BCUT2D eigenvalue weighted by molar-refractivity contribution is 6.30. The molecule has 1 aliphatic carbocycles. The first-order chi connectivity index (χ1) is 13.4. The van der Waals surface area contributed by atoms with Crippen molar-refractivity contribution in [3.63, 3.8) is 0 Å². The van der Waals surface area contributed by atoms with Crippen molar-refractivity contribution in [2.75, 3.05) is 0 Å². The first-order valence-corrected chi connectivity index (χ1v) is 12.1. The van der Waals surface area contributed by atoms with Gasteiger partial charge in [0.2, 0.25) is 0 Å². The van der Waals surface area contributed by atoms with E-state index in [0.717, 1.165) is 5.02 Å². The van der Waals surface area contributed by atoms with Crippen molar-refractivity contribution in [1.29, 1.82) is 0 Å². The molecule has 0 radical (unpaired) electrons. The van der Waals surface area contributed by atoms with Crippen LogP contribution in [-0.4, -0.2) is 0 Å². The van der Waals surface area contributed by atoms with Crippen molar-refractivity contribution in [2.45, 2.75) is 111 Å². The van der Waals surface area contributed by atoms with Crippen LogP contribution in [0.2, 0.25) is 5.02 Å². The molecule has 1 heteroatoms. The van der Waals surface area contributed by atoms with Crippen molar-refractivity contribution >= 4 is 11.6 Å². The van der Waals surface area contributed by atoms with Crippen molar-refractivity contribution in [1.82, 2.24) is 0 Å². The summed E-state index contributed by atoms with van der Waals surface area (Å²) in [6.07, 6.45) is 16.0. The molecule has 28 heavy (non-hydrogen) atoms. The summed E-state index contributed by atoms with van der Waals surface area (Å²) < 4.78 is 0. The summed E-state index contributed by atoms with van der Waals surface area (Å²) in [5.74, 6) is 8.38. The molecule has 0 aromatic heterocycles. The quantitative estimate of drug-likeness (QED) is 0.301. The number of unbranched alkanes of at least 4 members (excludes halogenated alkanes) is 5. The Morgan fingerprint density at radius 2 is 1.68 bits per heavy atom. The molecule has 1 aliphatic rings. The molecule has 2 rings (SSSR count). The molecule has 0 saturated heterocycles. The second-order valence-corrected chi connectivity index (χ2v) is 10.2. The molecule has 1 atom stereocenters. The lowest BCUT2D eigenvalue weighted by Gasteiger charge is -2.26. The van der Waals surface area contributed by atoms with Crippen LogP contribution in [0.15, 0.2) is 18.2 Å². The van der Waals surface area contributed by atoms with Gasteiger partial charge in [-0.15, -0.1) is 0 Å². The van der Waals surface area contributed by atoms with Gasteiger partial charge < -0.3 is 0 Å². The number of benzene rings is 1. The zero-order valence-electron chi connectivity index (χ0n) is 18.7. The molecule has 1 aromatic carbocycles. The Labute approximate surface area is 179 Å². The van der Waals surface area contributed by atoms with Gasteiger partial charge >= 0.3 is 0 Å². The second kappa shape index (κ2) is 11.9. The molecule has 0 spiro atoms. The van der Waals surface area contributed by atoms with Crippen LogP contribution in [0.25, 0.3) is 0 Å². The van der Waals surface area contributed by atoms with Gasteiger partial charge in [-0.05, 0) is 54.4 Å². The predicted octanol–water partition coefficient (Wildman–Crippen LogP) is 9.15. The van der Waals surface area contributed by atoms with Crippen molar-refractivity contribution < 1.29 is 0 Å². The van der Waals surface area contributed by atoms with Gasteiger partial charge in [-0.25, -0.2) is 0 Å². The highest BCUT2D eigenvalue weighted by Gasteiger charge is 2.23. The fraction of sp³-hybridized carbons (Fsp3) is 0.704. The third kappa shape index (κ3) is 7.83. The summed E-state index contributed by atoms with van der Waals surface area (Å²) in [6.45, 7) is 9.30. The molecule has 0 heterocycles. The average molecular weight is 401 g/mol. The van der Waals surface area contributed by atoms with Crippen LogP contribution in [0, 0.1) is 23.2 Å². The van der Waals surface area contributed by atoms with Gasteiger partial charge in [0, 0.05) is 16.5 Å². The summed E-state index contributed by atoms with van der Waals surface area (Å²) >= 11 is 6.34. The summed E-state index contributed by atoms with van der Waals surface area (Å²) in [5, 5.41) is 0.852. The van der Waals surface area contributed by atoms with Gasteiger partial charge in [0.05, 0.1) is 0 Å². The molecular formula is C27H41Cl. The van der Waals surface area contributed by atoms with Gasteiger partial charge in [0.15, 0.2) is 0 Å². The predicted molar refractivity (Wildman–Crippen MR) is 125 cm³/mol. The monoisotopic (exact) mass is 400 g/mol. The fourth-order valence-electron chi connectivity index (χ4n) is 4.41. The summed E-state index contributed by atoms with van der Waals surface area (Å²) in [6, 6.07) is 6.35. The van der Waals surface area contributed by atoms with Crippen LogP contribution in [0.4, 0.5) is 0 Å². The first kappa shape index (κ1) is 23.3. The molecule has 0 nitrogen and oxygen atoms in total. The third-order valence-electron chi connectivity index (χ3n) is 6.33. The zero-order chi connectivity index (χ0) is 20.4. The minimum atomic E-state index is 0.230. The Hall–Kier alpha value is -0.930. The number of hydrogen-bond acceptors (Lipinski definition) is 0. The van der Waals surface area contributed by atoms with E-state index in [-0.39, 0.29) is 5.41 Å². The molecule has 1 aromatic rings. The maximum absolute atomic E-state index is 6.34. The third-order valence-corrected chi connectivity index (χ3v) is 6.57. The molecule has 0 bridgehead atoms. The maximum Gasteiger partial charge on any atom is 0.0409 e. The molecule has 0 amide bonds. The molecule has 156 valence electrons. The van der Waals surface area contributed by atoms with Gasteiger partial charge in [0.1, 0.15) is 0 Å². The standard InChI is InChI=1S/C27H41Cl/c1-5-6-7-8-9-13-16-24(27(2,3)4)19-17-23-18-20-25(28)21-26(23)22-14-11-10-12-15-22/h18,20-22,24H,5-16H2,1-4H3. The van der Waals surface area contributed by atoms with E-state index in [2.05, 4.69) is 51.7 Å². The molecule has 1 unspecified atom stereocenters. The maximum atomic E-state index is 6.34. The average Bonchev–Trinajstić information content (AvgIpc) is 2.67. The van der Waals surface area contributed by atoms with Crippen molar-refractivity contribution in [3.8, 4) is 11.8 Å². The van der Waals surface area contributed by atoms with Crippen LogP contribution in [0.3, 0.4) is 0 Å². The fourth-order valence-corrected chi connectivity index (χ4v) is 4.59. The van der Waals surface area contributed by atoms with Gasteiger partial charge in [-0.2, -0.15) is 0 Å². The normalized spacial score (nSPS) is 16.5. The van der Waals surface area contributed by atoms with Crippen LogP contribution in [0.5, 0.6) is 0 Å². The van der Waals surface area contributed by atoms with Crippen LogP contribution in [-0.2, 0) is 0 Å². The van der Waals surface area contributed by atoms with Gasteiger partial charge in [0.25, 0.3) is 0 Å². The van der Waals surface area contributed by atoms with E-state index < -0.39 is 0 Å². The zero-order valence-corrected chi connectivity index (χ0v) is 19.5. The van der Waals surface area contributed by atoms with E-state index in [0.29, 0.717) is 11.8 Å². The summed E-state index contributed by atoms with van der Waals surface area (Å²) in [4.78, 5) is 0. The molecule has 0 aliphatic heterocycles. The van der Waals surface area contributed by atoms with Crippen molar-refractivity contribution in [3.05, 3.63) is 34.3 Å². The number of rotatable bonds is 8. The van der Waals surface area contributed by atoms with E-state index in [1.165, 1.54) is 88.2 Å². The smallest absolute Gasteiger partial charge is 0.0409 e. The molecule has 1 fully saturated rings. The number of halogens is 1. The van der Waals surface area contributed by atoms with E-state index >= 15 is 0 Å². The highest BCUT2D eigenvalue weighted by Crippen LogP contribution is 2.36. The number of hydrogen-bond donors (Lipinski definition) is 0. The largest absolute Gasteiger partial charge is 0.0939 e. The summed E-state index contributed by atoms with van der Waals surface area (Å²) in [5.41, 5.74) is 2.84. The van der Waals surface area contributed by atoms with E-state index in [4.69, 9.17) is 11.6 Å². The minimum absolute atomic E-state index is 0.230. The Morgan fingerprint density at radius 1 is 1.00 bits per heavy atom. The van der Waals surface area contributed by atoms with E-state index in [1.54, 1.807) is 0 Å². The molecule has 0 N–H and O–H groups in total. The van der Waals surface area contributed by atoms with E-state index in [9.17, 15) is 0 Å². The van der Waals surface area contributed by atoms with Gasteiger partial charge in [-0.1, -0.05) is 109 Å². The molecular weight excluding hydrogens is 360 g/mol. The lowest BCUT2D eigenvalue weighted by atomic mass is 9.77. The first-order valence-electron chi connectivity index (χ1n) is 11.7. The van der Waals surface area contributed by atoms with Crippen LogP contribution >= 0.6 is 11.6 Å². The minimum Gasteiger partial charge on any atom is -0.0939 e. The Balaban J connectivity index is 2.08. The molecule has 1 saturated carbocycles. The topological polar surface area (TPSA) is 0 Å². The Bertz CT molecular complexity index is 634. The lowest BCUT2D eigenvalue weighted by molar-refractivity contribution is 0.281.